The Hall–Kier alpha value is -3.39. The smallest absolute Gasteiger partial charge is 0.277 e. The average molecular weight is 412 g/mol. The highest BCUT2D eigenvalue weighted by atomic mass is 16.7. The number of benzene rings is 2. The second kappa shape index (κ2) is 5.82. The van der Waals surface area contributed by atoms with E-state index in [1.165, 1.54) is 18.4 Å². The Morgan fingerprint density at radius 3 is 2.67 bits per heavy atom. The number of hydrogen-bond donors (Lipinski definition) is 4. The van der Waals surface area contributed by atoms with Crippen molar-refractivity contribution in [2.75, 3.05) is 0 Å². The fourth-order valence-corrected chi connectivity index (χ4v) is 4.20. The Morgan fingerprint density at radius 1 is 1.13 bits per heavy atom. The van der Waals surface area contributed by atoms with Crippen molar-refractivity contribution in [1.82, 2.24) is 0 Å². The number of phenolic OH excluding ortho intramolecular Hbond substituents is 3. The molecule has 0 spiro atoms. The Labute approximate surface area is 171 Å². The number of ether oxygens (including phenoxy) is 3. The predicted octanol–water partition coefficient (Wildman–Crippen LogP) is 2.59. The van der Waals surface area contributed by atoms with Gasteiger partial charge in [-0.2, -0.15) is 0 Å². The fraction of sp³-hybridized carbons (Fsp3) is 0.318. The number of aromatic hydroxyl groups is 3. The average Bonchev–Trinajstić information content (AvgIpc) is 3.13. The third kappa shape index (κ3) is 2.40. The van der Waals surface area contributed by atoms with Crippen molar-refractivity contribution in [3.05, 3.63) is 52.8 Å². The van der Waals surface area contributed by atoms with Crippen LogP contribution in [0.3, 0.4) is 0 Å². The van der Waals surface area contributed by atoms with Gasteiger partial charge in [0.05, 0.1) is 11.8 Å². The molecule has 0 fully saturated rings. The van der Waals surface area contributed by atoms with Gasteiger partial charge in [-0.1, -0.05) is 6.07 Å². The van der Waals surface area contributed by atoms with Gasteiger partial charge in [0, 0.05) is 6.07 Å². The molecule has 5 rings (SSSR count). The molecule has 2 atom stereocenters. The molecule has 0 aromatic heterocycles. The number of aryl methyl sites for hydroxylation is 1. The molecule has 0 saturated heterocycles. The van der Waals surface area contributed by atoms with Crippen LogP contribution in [0.25, 0.3) is 0 Å². The summed E-state index contributed by atoms with van der Waals surface area (Å²) in [4.78, 5) is 13.5. The Balaban J connectivity index is 1.69. The number of aliphatic hydroxyl groups is 1. The number of hydrogen-bond acceptors (Lipinski definition) is 8. The molecule has 0 radical (unpaired) electrons. The molecule has 3 heterocycles. The van der Waals surface area contributed by atoms with Crippen LogP contribution in [0.4, 0.5) is 0 Å². The summed E-state index contributed by atoms with van der Waals surface area (Å²) >= 11 is 0. The number of fused-ring (bicyclic) bond motifs is 4. The quantitative estimate of drug-likeness (QED) is 0.555. The number of carbonyl (C=O) groups is 1. The van der Waals surface area contributed by atoms with Crippen LogP contribution in [-0.2, 0) is 16.8 Å². The van der Waals surface area contributed by atoms with Crippen molar-refractivity contribution < 1.29 is 39.4 Å². The van der Waals surface area contributed by atoms with Crippen LogP contribution < -0.4 is 9.47 Å². The lowest BCUT2D eigenvalue weighted by Crippen LogP contribution is -2.34. The maximum absolute atomic E-state index is 13.5. The second-order valence-corrected chi connectivity index (χ2v) is 8.35. The minimum atomic E-state index is -1.81. The first kappa shape index (κ1) is 18.6. The van der Waals surface area contributed by atoms with Crippen molar-refractivity contribution in [3.63, 3.8) is 0 Å². The van der Waals surface area contributed by atoms with E-state index < -0.39 is 40.3 Å². The van der Waals surface area contributed by atoms with E-state index in [0.29, 0.717) is 6.42 Å². The van der Waals surface area contributed by atoms with Gasteiger partial charge in [0.25, 0.3) is 6.29 Å². The SMILES string of the molecule is CC1(C)CCc2ccc(O)c(C(=O)c3c(O)cc4c(c3O)[C@]3(O)C=CO[C@@H]3O4)c2O1. The molecule has 3 aliphatic rings. The minimum absolute atomic E-state index is 0.00454. The molecule has 8 nitrogen and oxygen atoms in total. The first-order valence-electron chi connectivity index (χ1n) is 9.52. The van der Waals surface area contributed by atoms with Crippen LogP contribution in [0, 0.1) is 0 Å². The molecule has 8 heteroatoms. The zero-order valence-corrected chi connectivity index (χ0v) is 16.3. The summed E-state index contributed by atoms with van der Waals surface area (Å²) in [5.74, 6) is -2.18. The normalized spacial score (nSPS) is 24.8. The summed E-state index contributed by atoms with van der Waals surface area (Å²) < 4.78 is 16.6. The van der Waals surface area contributed by atoms with Gasteiger partial charge in [0.15, 0.2) is 5.60 Å². The van der Waals surface area contributed by atoms with E-state index in [9.17, 15) is 25.2 Å². The lowest BCUT2D eigenvalue weighted by atomic mass is 9.87. The number of phenols is 3. The van der Waals surface area contributed by atoms with E-state index in [1.54, 1.807) is 6.07 Å². The van der Waals surface area contributed by atoms with Crippen molar-refractivity contribution in [3.8, 4) is 28.7 Å². The standard InChI is InChI=1S/C22H20O8/c1-21(2)6-5-10-3-4-11(23)15(19(10)30-21)17(25)14-12(24)9-13-16(18(14)26)22(27)7-8-28-20(22)29-13/h3-4,7-9,20,23-24,26-27H,5-6H2,1-2H3/t20-,22-/m1/s1. The molecule has 4 N–H and O–H groups in total. The summed E-state index contributed by atoms with van der Waals surface area (Å²) in [5, 5.41) is 42.8. The topological polar surface area (TPSA) is 126 Å². The Morgan fingerprint density at radius 2 is 1.90 bits per heavy atom. The van der Waals surface area contributed by atoms with Crippen molar-refractivity contribution in [1.29, 1.82) is 0 Å². The molecule has 0 unspecified atom stereocenters. The molecular formula is C22H20O8. The highest BCUT2D eigenvalue weighted by Crippen LogP contribution is 2.54. The summed E-state index contributed by atoms with van der Waals surface area (Å²) in [6.45, 7) is 3.75. The summed E-state index contributed by atoms with van der Waals surface area (Å²) in [6, 6.07) is 4.20. The summed E-state index contributed by atoms with van der Waals surface area (Å²) in [7, 11) is 0. The van der Waals surface area contributed by atoms with Gasteiger partial charge in [-0.25, -0.2) is 0 Å². The Bertz CT molecular complexity index is 1130. The van der Waals surface area contributed by atoms with Gasteiger partial charge in [0.1, 0.15) is 45.5 Å². The summed E-state index contributed by atoms with van der Waals surface area (Å²) in [5.41, 5.74) is -2.34. The maximum Gasteiger partial charge on any atom is 0.277 e. The number of carbonyl (C=O) groups excluding carboxylic acids is 1. The number of rotatable bonds is 2. The first-order chi connectivity index (χ1) is 14.1. The van der Waals surface area contributed by atoms with Crippen LogP contribution in [0.5, 0.6) is 28.7 Å². The molecule has 0 aliphatic carbocycles. The Kier molecular flexibility index (Phi) is 3.62. The molecule has 0 bridgehead atoms. The van der Waals surface area contributed by atoms with Gasteiger partial charge in [-0.3, -0.25) is 4.79 Å². The second-order valence-electron chi connectivity index (χ2n) is 8.35. The lowest BCUT2D eigenvalue weighted by Gasteiger charge is -2.33. The highest BCUT2D eigenvalue weighted by Gasteiger charge is 2.54. The van der Waals surface area contributed by atoms with Crippen molar-refractivity contribution in [2.45, 2.75) is 44.2 Å². The molecular weight excluding hydrogens is 392 g/mol. The van der Waals surface area contributed by atoms with Gasteiger partial charge >= 0.3 is 0 Å². The summed E-state index contributed by atoms with van der Waals surface area (Å²) in [6.07, 6.45) is 2.76. The molecule has 2 aromatic carbocycles. The zero-order valence-electron chi connectivity index (χ0n) is 16.3. The van der Waals surface area contributed by atoms with Crippen LogP contribution in [0.2, 0.25) is 0 Å². The van der Waals surface area contributed by atoms with E-state index in [1.807, 2.05) is 13.8 Å². The van der Waals surface area contributed by atoms with E-state index in [-0.39, 0.29) is 28.4 Å². The highest BCUT2D eigenvalue weighted by molar-refractivity contribution is 6.16. The van der Waals surface area contributed by atoms with Crippen molar-refractivity contribution in [2.24, 2.45) is 0 Å². The monoisotopic (exact) mass is 412 g/mol. The lowest BCUT2D eigenvalue weighted by molar-refractivity contribution is -0.110. The molecule has 0 amide bonds. The van der Waals surface area contributed by atoms with Gasteiger partial charge in [-0.15, -0.1) is 0 Å². The predicted molar refractivity (Wildman–Crippen MR) is 103 cm³/mol. The molecule has 30 heavy (non-hydrogen) atoms. The molecule has 3 aliphatic heterocycles. The van der Waals surface area contributed by atoms with Crippen LogP contribution >= 0.6 is 0 Å². The number of ketones is 1. The van der Waals surface area contributed by atoms with Crippen molar-refractivity contribution >= 4 is 5.78 Å². The maximum atomic E-state index is 13.5. The van der Waals surface area contributed by atoms with E-state index in [2.05, 4.69) is 0 Å². The molecule has 156 valence electrons. The first-order valence-corrected chi connectivity index (χ1v) is 9.52. The van der Waals surface area contributed by atoms with Gasteiger partial charge in [-0.05, 0) is 44.4 Å². The van der Waals surface area contributed by atoms with E-state index in [4.69, 9.17) is 14.2 Å². The van der Waals surface area contributed by atoms with Crippen LogP contribution in [0.15, 0.2) is 30.5 Å². The minimum Gasteiger partial charge on any atom is -0.507 e. The molecule has 2 aromatic rings. The zero-order chi connectivity index (χ0) is 21.4. The van der Waals surface area contributed by atoms with E-state index in [0.717, 1.165) is 18.1 Å². The third-order valence-corrected chi connectivity index (χ3v) is 5.81. The van der Waals surface area contributed by atoms with Gasteiger partial charge < -0.3 is 34.6 Å². The largest absolute Gasteiger partial charge is 0.507 e. The van der Waals surface area contributed by atoms with Crippen LogP contribution in [-0.4, -0.2) is 38.1 Å². The third-order valence-electron chi connectivity index (χ3n) is 5.81. The molecule has 0 saturated carbocycles. The fourth-order valence-electron chi connectivity index (χ4n) is 4.20. The van der Waals surface area contributed by atoms with E-state index >= 15 is 0 Å². The van der Waals surface area contributed by atoms with Crippen LogP contribution in [0.1, 0.15) is 47.3 Å². The van der Waals surface area contributed by atoms with Gasteiger partial charge in [0.2, 0.25) is 5.78 Å².